The van der Waals surface area contributed by atoms with E-state index in [1.165, 1.54) is 89.9 Å². The van der Waals surface area contributed by atoms with Gasteiger partial charge in [-0.3, -0.25) is 19.3 Å². The molecular weight excluding hydrogens is 687 g/mol. The van der Waals surface area contributed by atoms with Crippen LogP contribution in [0.4, 0.5) is 0 Å². The lowest BCUT2D eigenvalue weighted by atomic mass is 9.93. The number of nitrogens with zero attached hydrogens (tertiary/aromatic N) is 1. The number of rotatable bonds is 41. The number of hydrogen-bond donors (Lipinski definition) is 4. The zero-order valence-corrected chi connectivity index (χ0v) is 35.6. The first-order valence-electron chi connectivity index (χ1n) is 22.2. The minimum atomic E-state index is -0.628. The normalized spacial score (nSPS) is 12.6. The Labute approximate surface area is 330 Å². The van der Waals surface area contributed by atoms with Crippen molar-refractivity contribution in [3.05, 3.63) is 0 Å². The number of aliphatic hydroxyl groups excluding tert-OH is 2. The Morgan fingerprint density at radius 1 is 0.585 bits per heavy atom. The van der Waals surface area contributed by atoms with Gasteiger partial charge in [-0.1, -0.05) is 149 Å². The van der Waals surface area contributed by atoms with Crippen molar-refractivity contribution >= 4 is 29.5 Å². The van der Waals surface area contributed by atoms with Crippen molar-refractivity contribution in [1.82, 2.24) is 15.5 Å². The fraction of sp³-hybridized carbons (Fsp3) is 0.930. The average molecular weight is 772 g/mol. The zero-order chi connectivity index (χ0) is 39.0. The van der Waals surface area contributed by atoms with E-state index in [0.29, 0.717) is 63.6 Å². The molecule has 0 saturated heterocycles. The molecule has 0 aliphatic rings. The Morgan fingerprint density at radius 3 is 1.60 bits per heavy atom. The van der Waals surface area contributed by atoms with E-state index in [2.05, 4.69) is 31.4 Å². The molecule has 9 nitrogen and oxygen atoms in total. The van der Waals surface area contributed by atoms with E-state index in [-0.39, 0.29) is 36.9 Å². The quantitative estimate of drug-likeness (QED) is 0.0359. The number of unbranched alkanes of at least 4 members (excludes halogenated alkanes) is 18. The van der Waals surface area contributed by atoms with Crippen molar-refractivity contribution in [3.63, 3.8) is 0 Å². The molecule has 0 aromatic carbocycles. The number of amides is 2. The van der Waals surface area contributed by atoms with Crippen molar-refractivity contribution in [2.24, 2.45) is 5.92 Å². The van der Waals surface area contributed by atoms with Crippen LogP contribution in [-0.2, 0) is 19.1 Å². The molecule has 4 N–H and O–H groups in total. The van der Waals surface area contributed by atoms with Crippen LogP contribution >= 0.6 is 11.8 Å². The number of ether oxygens (including phenoxy) is 1. The highest BCUT2D eigenvalue weighted by Gasteiger charge is 2.25. The Kier molecular flexibility index (Phi) is 39.3. The number of hydrogen-bond acceptors (Lipinski definition) is 8. The molecule has 0 heterocycles. The maximum absolute atomic E-state index is 13.7. The summed E-state index contributed by atoms with van der Waals surface area (Å²) in [4.78, 5) is 41.4. The SMILES string of the molecule is CCCCCCCCCCCCCOC(=O)CCSCCC(NC(=O)C(CCCCCC)CCCCCCCC)C(=O)NCCCN(CCO)CCO. The van der Waals surface area contributed by atoms with Gasteiger partial charge in [-0.15, -0.1) is 0 Å². The zero-order valence-electron chi connectivity index (χ0n) is 34.8. The first kappa shape index (κ1) is 51.6. The van der Waals surface area contributed by atoms with Gasteiger partial charge in [0.25, 0.3) is 0 Å². The summed E-state index contributed by atoms with van der Waals surface area (Å²) < 4.78 is 5.47. The first-order valence-corrected chi connectivity index (χ1v) is 23.3. The topological polar surface area (TPSA) is 128 Å². The van der Waals surface area contributed by atoms with E-state index in [4.69, 9.17) is 4.74 Å². The number of carbonyl (C=O) groups excluding carboxylic acids is 3. The Balaban J connectivity index is 4.83. The van der Waals surface area contributed by atoms with Crippen LogP contribution < -0.4 is 10.6 Å². The summed E-state index contributed by atoms with van der Waals surface area (Å²) in [6.07, 6.45) is 28.8. The summed E-state index contributed by atoms with van der Waals surface area (Å²) >= 11 is 1.62. The molecule has 53 heavy (non-hydrogen) atoms. The number of carbonyl (C=O) groups is 3. The number of nitrogens with one attached hydrogen (secondary N) is 2. The fourth-order valence-corrected chi connectivity index (χ4v) is 7.61. The lowest BCUT2D eigenvalue weighted by Gasteiger charge is -2.23. The van der Waals surface area contributed by atoms with E-state index in [9.17, 15) is 24.6 Å². The maximum Gasteiger partial charge on any atom is 0.306 e. The van der Waals surface area contributed by atoms with E-state index >= 15 is 0 Å². The van der Waals surface area contributed by atoms with Gasteiger partial charge in [0, 0.05) is 31.3 Å². The molecule has 0 aliphatic heterocycles. The predicted molar refractivity (Wildman–Crippen MR) is 224 cm³/mol. The molecule has 10 heteroatoms. The average Bonchev–Trinajstić information content (AvgIpc) is 3.15. The molecule has 2 atom stereocenters. The van der Waals surface area contributed by atoms with Crippen LogP contribution in [0.3, 0.4) is 0 Å². The second-order valence-corrected chi connectivity index (χ2v) is 16.2. The smallest absolute Gasteiger partial charge is 0.306 e. The molecule has 2 unspecified atom stereocenters. The van der Waals surface area contributed by atoms with Gasteiger partial charge in [0.05, 0.1) is 26.2 Å². The molecule has 0 spiro atoms. The molecule has 0 aliphatic carbocycles. The Morgan fingerprint density at radius 2 is 1.08 bits per heavy atom. The second-order valence-electron chi connectivity index (χ2n) is 15.0. The van der Waals surface area contributed by atoms with Crippen molar-refractivity contribution in [2.75, 3.05) is 57.5 Å². The molecule has 0 aromatic rings. The summed E-state index contributed by atoms with van der Waals surface area (Å²) in [6, 6.07) is -0.628. The third-order valence-electron chi connectivity index (χ3n) is 10.1. The lowest BCUT2D eigenvalue weighted by molar-refractivity contribution is -0.143. The highest BCUT2D eigenvalue weighted by atomic mass is 32.2. The summed E-state index contributed by atoms with van der Waals surface area (Å²) in [5, 5.41) is 24.8. The highest BCUT2D eigenvalue weighted by Crippen LogP contribution is 2.20. The van der Waals surface area contributed by atoms with Gasteiger partial charge in [0.1, 0.15) is 6.04 Å². The Hall–Kier alpha value is -1.36. The highest BCUT2D eigenvalue weighted by molar-refractivity contribution is 7.99. The largest absolute Gasteiger partial charge is 0.466 e. The van der Waals surface area contributed by atoms with Crippen LogP contribution in [0.5, 0.6) is 0 Å². The van der Waals surface area contributed by atoms with Crippen molar-refractivity contribution in [3.8, 4) is 0 Å². The lowest BCUT2D eigenvalue weighted by Crippen LogP contribution is -2.49. The second kappa shape index (κ2) is 40.3. The minimum Gasteiger partial charge on any atom is -0.466 e. The number of aliphatic hydroxyl groups is 2. The molecule has 0 bridgehead atoms. The van der Waals surface area contributed by atoms with Gasteiger partial charge < -0.3 is 25.6 Å². The van der Waals surface area contributed by atoms with E-state index < -0.39 is 6.04 Å². The molecule has 314 valence electrons. The van der Waals surface area contributed by atoms with E-state index in [0.717, 1.165) is 57.8 Å². The maximum atomic E-state index is 13.7. The van der Waals surface area contributed by atoms with Crippen molar-refractivity contribution < 1.29 is 29.3 Å². The molecule has 2 amide bonds. The van der Waals surface area contributed by atoms with Crippen LogP contribution in [-0.4, -0.2) is 96.4 Å². The molecular formula is C43H85N3O6S. The molecule has 0 aromatic heterocycles. The summed E-state index contributed by atoms with van der Waals surface area (Å²) in [5.41, 5.74) is 0. The summed E-state index contributed by atoms with van der Waals surface area (Å²) in [7, 11) is 0. The number of esters is 1. The van der Waals surface area contributed by atoms with Crippen LogP contribution in [0.15, 0.2) is 0 Å². The molecule has 0 fully saturated rings. The van der Waals surface area contributed by atoms with E-state index in [1.54, 1.807) is 11.8 Å². The first-order chi connectivity index (χ1) is 25.9. The number of thioether (sulfide) groups is 1. The van der Waals surface area contributed by atoms with Gasteiger partial charge in [-0.05, 0) is 44.4 Å². The van der Waals surface area contributed by atoms with Gasteiger partial charge in [0.2, 0.25) is 11.8 Å². The monoisotopic (exact) mass is 772 g/mol. The predicted octanol–water partition coefficient (Wildman–Crippen LogP) is 8.97. The van der Waals surface area contributed by atoms with Gasteiger partial charge in [-0.25, -0.2) is 0 Å². The van der Waals surface area contributed by atoms with Crippen LogP contribution in [0, 0.1) is 5.92 Å². The minimum absolute atomic E-state index is 0.0109. The van der Waals surface area contributed by atoms with Gasteiger partial charge in [-0.2, -0.15) is 11.8 Å². The Bertz CT molecular complexity index is 830. The summed E-state index contributed by atoms with van der Waals surface area (Å²) in [5.74, 6) is 0.853. The van der Waals surface area contributed by atoms with E-state index in [1.807, 2.05) is 4.90 Å². The van der Waals surface area contributed by atoms with Crippen LogP contribution in [0.25, 0.3) is 0 Å². The van der Waals surface area contributed by atoms with Crippen LogP contribution in [0.2, 0.25) is 0 Å². The molecule has 0 radical (unpaired) electrons. The summed E-state index contributed by atoms with van der Waals surface area (Å²) in [6.45, 7) is 9.28. The van der Waals surface area contributed by atoms with Crippen LogP contribution in [0.1, 0.15) is 188 Å². The van der Waals surface area contributed by atoms with Gasteiger partial charge >= 0.3 is 5.97 Å². The third kappa shape index (κ3) is 33.7. The molecule has 0 rings (SSSR count). The van der Waals surface area contributed by atoms with Crippen molar-refractivity contribution in [1.29, 1.82) is 0 Å². The van der Waals surface area contributed by atoms with Gasteiger partial charge in [0.15, 0.2) is 0 Å². The fourth-order valence-electron chi connectivity index (χ4n) is 6.69. The third-order valence-corrected chi connectivity index (χ3v) is 11.1. The van der Waals surface area contributed by atoms with Crippen molar-refractivity contribution in [2.45, 2.75) is 194 Å². The standard InChI is InChI=1S/C43H85N3O6S/c1-4-7-10-13-15-16-17-18-19-21-24-36-52-41(49)29-38-53-37-28-40(43(51)44-30-25-31-46(32-34-47)33-35-48)45-42(50)39(26-22-12-9-6-3)27-23-20-14-11-8-5-2/h39-40,47-48H,4-38H2,1-3H3,(H,44,51)(H,45,50). The molecule has 0 saturated carbocycles.